The smallest absolute Gasteiger partial charge is 0.0342 e. The van der Waals surface area contributed by atoms with Gasteiger partial charge in [-0.2, -0.15) is 0 Å². The highest BCUT2D eigenvalue weighted by Crippen LogP contribution is 2.23. The average Bonchev–Trinajstić information content (AvgIpc) is 3.22. The van der Waals surface area contributed by atoms with Crippen molar-refractivity contribution < 1.29 is 0 Å². The molecule has 0 aliphatic heterocycles. The number of fused-ring (bicyclic) bond motifs is 2. The zero-order valence-electron chi connectivity index (χ0n) is 13.8. The Morgan fingerprint density at radius 3 is 1.36 bits per heavy atom. The van der Waals surface area contributed by atoms with Crippen LogP contribution in [0.3, 0.4) is 0 Å². The van der Waals surface area contributed by atoms with Crippen molar-refractivity contribution >= 4 is 32.9 Å². The van der Waals surface area contributed by atoms with Gasteiger partial charge in [0, 0.05) is 4.88 Å². The summed E-state index contributed by atoms with van der Waals surface area (Å²) in [4.78, 5) is 1.34. The van der Waals surface area contributed by atoms with Gasteiger partial charge in [-0.3, -0.25) is 0 Å². The van der Waals surface area contributed by atoms with E-state index < -0.39 is 0 Å². The lowest BCUT2D eigenvalue weighted by Crippen LogP contribution is -1.74. The van der Waals surface area contributed by atoms with E-state index in [4.69, 9.17) is 0 Å². The molecule has 5 rings (SSSR count). The lowest BCUT2D eigenvalue weighted by molar-refractivity contribution is 1.70. The average molecular weight is 338 g/mol. The Bertz CT molecular complexity index is 972. The lowest BCUT2D eigenvalue weighted by atomic mass is 10.0. The van der Waals surface area contributed by atoms with Crippen LogP contribution in [-0.4, -0.2) is 0 Å². The molecule has 1 heteroatoms. The SMILES string of the molecule is c1ccc(-c2cccs2)cc1.c1ccc2cc3ccccc3cc2c1. The fourth-order valence-electron chi connectivity index (χ4n) is 2.93. The second-order valence-corrected chi connectivity index (χ2v) is 6.84. The Labute approximate surface area is 152 Å². The van der Waals surface area contributed by atoms with E-state index in [0.29, 0.717) is 0 Å². The van der Waals surface area contributed by atoms with E-state index in [-0.39, 0.29) is 0 Å². The Kier molecular flexibility index (Phi) is 4.58. The van der Waals surface area contributed by atoms with Crippen molar-refractivity contribution in [1.82, 2.24) is 0 Å². The van der Waals surface area contributed by atoms with Gasteiger partial charge < -0.3 is 0 Å². The molecule has 0 atom stereocenters. The maximum Gasteiger partial charge on any atom is 0.0342 e. The maximum absolute atomic E-state index is 2.24. The number of rotatable bonds is 1. The van der Waals surface area contributed by atoms with E-state index in [1.54, 1.807) is 11.3 Å². The van der Waals surface area contributed by atoms with E-state index in [1.807, 2.05) is 6.07 Å². The van der Waals surface area contributed by atoms with Gasteiger partial charge in [-0.25, -0.2) is 0 Å². The van der Waals surface area contributed by atoms with Gasteiger partial charge in [0.15, 0.2) is 0 Å². The van der Waals surface area contributed by atoms with Crippen molar-refractivity contribution in [3.8, 4) is 10.4 Å². The summed E-state index contributed by atoms with van der Waals surface area (Å²) >= 11 is 1.78. The second kappa shape index (κ2) is 7.33. The first-order valence-corrected chi connectivity index (χ1v) is 9.24. The van der Waals surface area contributed by atoms with Crippen LogP contribution in [0.2, 0.25) is 0 Å². The van der Waals surface area contributed by atoms with Crippen LogP contribution in [0, 0.1) is 0 Å². The fraction of sp³-hybridized carbons (Fsp3) is 0. The maximum atomic E-state index is 2.24. The monoisotopic (exact) mass is 338 g/mol. The standard InChI is InChI=1S/C14H10.C10H8S/c1-2-6-12-10-14-8-4-3-7-13(14)9-11(12)5-1;1-2-5-9(6-3-1)10-7-4-8-11-10/h1-10H;1-8H. The molecule has 4 aromatic carbocycles. The molecule has 0 fully saturated rings. The number of hydrogen-bond acceptors (Lipinski definition) is 1. The summed E-state index contributed by atoms with van der Waals surface area (Å²) in [5.74, 6) is 0. The first-order valence-electron chi connectivity index (χ1n) is 8.37. The molecule has 0 saturated heterocycles. The zero-order valence-corrected chi connectivity index (χ0v) is 14.6. The summed E-state index contributed by atoms with van der Waals surface area (Å²) < 4.78 is 0. The summed E-state index contributed by atoms with van der Waals surface area (Å²) in [7, 11) is 0. The molecule has 0 spiro atoms. The van der Waals surface area contributed by atoms with Crippen molar-refractivity contribution in [2.24, 2.45) is 0 Å². The molecule has 1 heterocycles. The minimum Gasteiger partial charge on any atom is -0.144 e. The van der Waals surface area contributed by atoms with Gasteiger partial charge in [0.1, 0.15) is 0 Å². The van der Waals surface area contributed by atoms with Crippen LogP contribution < -0.4 is 0 Å². The molecule has 25 heavy (non-hydrogen) atoms. The van der Waals surface area contributed by atoms with Crippen LogP contribution in [0.5, 0.6) is 0 Å². The molecule has 1 aromatic heterocycles. The normalized spacial score (nSPS) is 10.4. The topological polar surface area (TPSA) is 0 Å². The molecule has 0 aliphatic rings. The van der Waals surface area contributed by atoms with Crippen LogP contribution in [0.4, 0.5) is 0 Å². The van der Waals surface area contributed by atoms with Gasteiger partial charge in [0.05, 0.1) is 0 Å². The Hall–Kier alpha value is -2.90. The number of hydrogen-bond donors (Lipinski definition) is 0. The van der Waals surface area contributed by atoms with E-state index in [1.165, 1.54) is 32.0 Å². The van der Waals surface area contributed by atoms with Crippen LogP contribution in [-0.2, 0) is 0 Å². The molecule has 0 unspecified atom stereocenters. The minimum absolute atomic E-state index is 1.31. The van der Waals surface area contributed by atoms with Crippen molar-refractivity contribution in [2.75, 3.05) is 0 Å². The largest absolute Gasteiger partial charge is 0.144 e. The molecular weight excluding hydrogens is 320 g/mol. The summed E-state index contributed by atoms with van der Waals surface area (Å²) in [5, 5.41) is 7.34. The third-order valence-corrected chi connectivity index (χ3v) is 5.11. The molecule has 0 N–H and O–H groups in total. The molecule has 5 aromatic rings. The summed E-state index contributed by atoms with van der Waals surface area (Å²) in [5.41, 5.74) is 1.31. The third kappa shape index (κ3) is 3.62. The van der Waals surface area contributed by atoms with Gasteiger partial charge in [0.2, 0.25) is 0 Å². The van der Waals surface area contributed by atoms with Crippen LogP contribution >= 0.6 is 11.3 Å². The molecule has 0 saturated carbocycles. The Morgan fingerprint density at radius 1 is 0.440 bits per heavy atom. The van der Waals surface area contributed by atoms with Crippen LogP contribution in [0.1, 0.15) is 0 Å². The van der Waals surface area contributed by atoms with Gasteiger partial charge in [-0.05, 0) is 50.7 Å². The van der Waals surface area contributed by atoms with E-state index in [0.717, 1.165) is 0 Å². The first-order chi connectivity index (χ1) is 12.4. The first kappa shape index (κ1) is 15.6. The highest BCUT2D eigenvalue weighted by Gasteiger charge is 1.95. The van der Waals surface area contributed by atoms with E-state index >= 15 is 0 Å². The van der Waals surface area contributed by atoms with Crippen LogP contribution in [0.25, 0.3) is 32.0 Å². The van der Waals surface area contributed by atoms with Crippen molar-refractivity contribution in [3.63, 3.8) is 0 Å². The predicted molar refractivity (Wildman–Crippen MR) is 111 cm³/mol. The Morgan fingerprint density at radius 2 is 0.920 bits per heavy atom. The molecule has 0 nitrogen and oxygen atoms in total. The number of benzene rings is 4. The van der Waals surface area contributed by atoms with Gasteiger partial charge >= 0.3 is 0 Å². The lowest BCUT2D eigenvalue weighted by Gasteiger charge is -2.00. The van der Waals surface area contributed by atoms with Crippen molar-refractivity contribution in [3.05, 3.63) is 109 Å². The predicted octanol–water partition coefficient (Wildman–Crippen LogP) is 7.41. The molecular formula is C24H18S. The van der Waals surface area contributed by atoms with Gasteiger partial charge in [-0.1, -0.05) is 84.9 Å². The molecule has 0 radical (unpaired) electrons. The van der Waals surface area contributed by atoms with Crippen molar-refractivity contribution in [2.45, 2.75) is 0 Å². The zero-order chi connectivity index (χ0) is 16.9. The van der Waals surface area contributed by atoms with Gasteiger partial charge in [-0.15, -0.1) is 11.3 Å². The summed E-state index contributed by atoms with van der Waals surface area (Å²) in [6.45, 7) is 0. The molecule has 0 bridgehead atoms. The summed E-state index contributed by atoms with van der Waals surface area (Å²) in [6, 6.07) is 36.1. The quantitative estimate of drug-likeness (QED) is 0.279. The number of thiophene rings is 1. The highest BCUT2D eigenvalue weighted by molar-refractivity contribution is 7.13. The van der Waals surface area contributed by atoms with Crippen molar-refractivity contribution in [1.29, 1.82) is 0 Å². The molecule has 120 valence electrons. The van der Waals surface area contributed by atoms with E-state index in [9.17, 15) is 0 Å². The second-order valence-electron chi connectivity index (χ2n) is 5.89. The van der Waals surface area contributed by atoms with E-state index in [2.05, 4.69) is 102 Å². The molecule has 0 aliphatic carbocycles. The highest BCUT2D eigenvalue weighted by atomic mass is 32.1. The van der Waals surface area contributed by atoms with Crippen LogP contribution in [0.15, 0.2) is 109 Å². The summed E-state index contributed by atoms with van der Waals surface area (Å²) in [6.07, 6.45) is 0. The minimum atomic E-state index is 1.31. The Balaban J connectivity index is 0.000000129. The molecule has 0 amide bonds. The fourth-order valence-corrected chi connectivity index (χ4v) is 3.66. The third-order valence-electron chi connectivity index (χ3n) is 4.19. The van der Waals surface area contributed by atoms with Gasteiger partial charge in [0.25, 0.3) is 0 Å².